The molecule has 1 aromatic rings. The third-order valence-electron chi connectivity index (χ3n) is 3.23. The van der Waals surface area contributed by atoms with Crippen molar-refractivity contribution in [1.29, 1.82) is 0 Å². The molecule has 0 radical (unpaired) electrons. The number of nitrogens with one attached hydrogen (secondary N) is 1. The third kappa shape index (κ3) is 2.79. The molecule has 2 amide bonds. The zero-order valence-electron chi connectivity index (χ0n) is 10.6. The van der Waals surface area contributed by atoms with E-state index in [1.165, 1.54) is 0 Å². The molecule has 0 aromatic heterocycles. The van der Waals surface area contributed by atoms with Crippen molar-refractivity contribution in [2.45, 2.75) is 25.9 Å². The van der Waals surface area contributed by atoms with Crippen LogP contribution in [0.25, 0.3) is 0 Å². The number of carbonyl (C=O) groups is 2. The quantitative estimate of drug-likeness (QED) is 0.817. The third-order valence-corrected chi connectivity index (χ3v) is 3.97. The van der Waals surface area contributed by atoms with Gasteiger partial charge < -0.3 is 10.6 Å². The SMILES string of the molecule is CCC1C(=O)NC(=O)CN1c1ccc(CN)c(Br)c1. The number of imide groups is 1. The highest BCUT2D eigenvalue weighted by Gasteiger charge is 2.32. The Morgan fingerprint density at radius 1 is 1.47 bits per heavy atom. The number of nitrogens with zero attached hydrogens (tertiary/aromatic N) is 1. The lowest BCUT2D eigenvalue weighted by Gasteiger charge is -2.35. The maximum atomic E-state index is 11.8. The molecule has 0 aliphatic carbocycles. The number of rotatable bonds is 3. The summed E-state index contributed by atoms with van der Waals surface area (Å²) in [5, 5.41) is 2.37. The van der Waals surface area contributed by atoms with Gasteiger partial charge in [0.2, 0.25) is 11.8 Å². The van der Waals surface area contributed by atoms with Gasteiger partial charge in [-0.1, -0.05) is 28.9 Å². The van der Waals surface area contributed by atoms with Crippen LogP contribution in [0.5, 0.6) is 0 Å². The number of amides is 2. The van der Waals surface area contributed by atoms with Gasteiger partial charge >= 0.3 is 0 Å². The predicted molar refractivity (Wildman–Crippen MR) is 76.6 cm³/mol. The summed E-state index contributed by atoms with van der Waals surface area (Å²) in [6.07, 6.45) is 0.648. The van der Waals surface area contributed by atoms with Crippen LogP contribution in [-0.4, -0.2) is 24.4 Å². The fraction of sp³-hybridized carbons (Fsp3) is 0.385. The Bertz CT molecular complexity index is 519. The number of piperazine rings is 1. The number of benzene rings is 1. The minimum Gasteiger partial charge on any atom is -0.350 e. The van der Waals surface area contributed by atoms with E-state index >= 15 is 0 Å². The predicted octanol–water partition coefficient (Wildman–Crippen LogP) is 1.15. The van der Waals surface area contributed by atoms with Gasteiger partial charge in [0.25, 0.3) is 0 Å². The summed E-state index contributed by atoms with van der Waals surface area (Å²) < 4.78 is 0.890. The van der Waals surface area contributed by atoms with Gasteiger partial charge in [-0.2, -0.15) is 0 Å². The van der Waals surface area contributed by atoms with E-state index in [2.05, 4.69) is 21.2 Å². The molecular formula is C13H16BrN3O2. The van der Waals surface area contributed by atoms with Crippen LogP contribution in [0.15, 0.2) is 22.7 Å². The number of nitrogens with two attached hydrogens (primary N) is 1. The Hall–Kier alpha value is -1.40. The van der Waals surface area contributed by atoms with E-state index < -0.39 is 0 Å². The molecule has 1 aliphatic rings. The van der Waals surface area contributed by atoms with Crippen LogP contribution >= 0.6 is 15.9 Å². The van der Waals surface area contributed by atoms with Crippen molar-refractivity contribution in [3.8, 4) is 0 Å². The zero-order valence-corrected chi connectivity index (χ0v) is 12.2. The molecule has 1 atom stereocenters. The first-order chi connectivity index (χ1) is 9.06. The lowest BCUT2D eigenvalue weighted by Crippen LogP contribution is -2.58. The number of halogens is 1. The molecule has 5 nitrogen and oxygen atoms in total. The summed E-state index contributed by atoms with van der Waals surface area (Å²) >= 11 is 3.45. The van der Waals surface area contributed by atoms with E-state index in [0.29, 0.717) is 13.0 Å². The van der Waals surface area contributed by atoms with Gasteiger partial charge in [-0.3, -0.25) is 14.9 Å². The Balaban J connectivity index is 2.35. The summed E-state index contributed by atoms with van der Waals surface area (Å²) in [5.41, 5.74) is 7.45. The molecule has 1 fully saturated rings. The highest BCUT2D eigenvalue weighted by molar-refractivity contribution is 9.10. The number of hydrogen-bond donors (Lipinski definition) is 2. The van der Waals surface area contributed by atoms with Gasteiger partial charge in [0.05, 0.1) is 6.54 Å². The molecule has 0 saturated carbocycles. The Morgan fingerprint density at radius 2 is 2.21 bits per heavy atom. The first-order valence-electron chi connectivity index (χ1n) is 6.15. The van der Waals surface area contributed by atoms with Crippen molar-refractivity contribution >= 4 is 33.4 Å². The summed E-state index contributed by atoms with van der Waals surface area (Å²) in [6.45, 7) is 2.56. The summed E-state index contributed by atoms with van der Waals surface area (Å²) in [6, 6.07) is 5.38. The maximum absolute atomic E-state index is 11.8. The first-order valence-corrected chi connectivity index (χ1v) is 6.95. The number of carbonyl (C=O) groups excluding carboxylic acids is 2. The fourth-order valence-electron chi connectivity index (χ4n) is 2.22. The second kappa shape index (κ2) is 5.71. The minimum absolute atomic E-state index is 0.193. The zero-order chi connectivity index (χ0) is 14.0. The van der Waals surface area contributed by atoms with Crippen LogP contribution in [-0.2, 0) is 16.1 Å². The van der Waals surface area contributed by atoms with Gasteiger partial charge in [-0.15, -0.1) is 0 Å². The molecule has 0 spiro atoms. The maximum Gasteiger partial charge on any atom is 0.249 e. The van der Waals surface area contributed by atoms with Gasteiger partial charge in [-0.05, 0) is 24.1 Å². The van der Waals surface area contributed by atoms with E-state index in [1.807, 2.05) is 30.0 Å². The molecule has 19 heavy (non-hydrogen) atoms. The van der Waals surface area contributed by atoms with Crippen molar-refractivity contribution in [2.24, 2.45) is 5.73 Å². The van der Waals surface area contributed by atoms with Crippen molar-refractivity contribution in [3.05, 3.63) is 28.2 Å². The Kier molecular flexibility index (Phi) is 4.21. The molecule has 1 aliphatic heterocycles. The molecule has 0 bridgehead atoms. The van der Waals surface area contributed by atoms with Crippen molar-refractivity contribution in [2.75, 3.05) is 11.4 Å². The molecule has 1 heterocycles. The molecule has 6 heteroatoms. The van der Waals surface area contributed by atoms with E-state index in [9.17, 15) is 9.59 Å². The summed E-state index contributed by atoms with van der Waals surface area (Å²) in [5.74, 6) is -0.508. The smallest absolute Gasteiger partial charge is 0.249 e. The van der Waals surface area contributed by atoms with E-state index in [0.717, 1.165) is 15.7 Å². The molecule has 102 valence electrons. The topological polar surface area (TPSA) is 75.4 Å². The summed E-state index contributed by atoms with van der Waals surface area (Å²) in [7, 11) is 0. The highest BCUT2D eigenvalue weighted by atomic mass is 79.9. The van der Waals surface area contributed by atoms with E-state index in [1.54, 1.807) is 0 Å². The van der Waals surface area contributed by atoms with Gasteiger partial charge in [0.1, 0.15) is 6.04 Å². The normalized spacial score (nSPS) is 19.5. The average molecular weight is 326 g/mol. The number of hydrogen-bond acceptors (Lipinski definition) is 4. The molecular weight excluding hydrogens is 310 g/mol. The van der Waals surface area contributed by atoms with Crippen LogP contribution in [0.1, 0.15) is 18.9 Å². The summed E-state index contributed by atoms with van der Waals surface area (Å²) in [4.78, 5) is 25.2. The highest BCUT2D eigenvalue weighted by Crippen LogP contribution is 2.27. The van der Waals surface area contributed by atoms with E-state index in [-0.39, 0.29) is 24.4 Å². The van der Waals surface area contributed by atoms with E-state index in [4.69, 9.17) is 5.73 Å². The van der Waals surface area contributed by atoms with Crippen LogP contribution in [0.3, 0.4) is 0 Å². The monoisotopic (exact) mass is 325 g/mol. The van der Waals surface area contributed by atoms with Gasteiger partial charge in [0.15, 0.2) is 0 Å². The standard InChI is InChI=1S/C13H16BrN3O2/c1-2-11-13(19)16-12(18)7-17(11)9-4-3-8(6-15)10(14)5-9/h3-5,11H,2,6-7,15H2,1H3,(H,16,18,19). The fourth-order valence-corrected chi connectivity index (χ4v) is 2.75. The van der Waals surface area contributed by atoms with Crippen LogP contribution in [0.4, 0.5) is 5.69 Å². The van der Waals surface area contributed by atoms with Crippen molar-refractivity contribution < 1.29 is 9.59 Å². The lowest BCUT2D eigenvalue weighted by molar-refractivity contribution is -0.132. The van der Waals surface area contributed by atoms with Gasteiger partial charge in [-0.25, -0.2) is 0 Å². The van der Waals surface area contributed by atoms with Crippen LogP contribution in [0.2, 0.25) is 0 Å². The second-order valence-electron chi connectivity index (χ2n) is 4.44. The molecule has 1 aromatic carbocycles. The second-order valence-corrected chi connectivity index (χ2v) is 5.30. The number of anilines is 1. The minimum atomic E-state index is -0.312. The van der Waals surface area contributed by atoms with Crippen LogP contribution < -0.4 is 16.0 Å². The molecule has 1 saturated heterocycles. The molecule has 2 rings (SSSR count). The van der Waals surface area contributed by atoms with Crippen molar-refractivity contribution in [3.63, 3.8) is 0 Å². The Labute approximate surface area is 120 Å². The molecule has 1 unspecified atom stereocenters. The largest absolute Gasteiger partial charge is 0.350 e. The van der Waals surface area contributed by atoms with Gasteiger partial charge in [0, 0.05) is 16.7 Å². The Morgan fingerprint density at radius 3 is 2.79 bits per heavy atom. The van der Waals surface area contributed by atoms with Crippen LogP contribution in [0, 0.1) is 0 Å². The lowest BCUT2D eigenvalue weighted by atomic mass is 10.1. The average Bonchev–Trinajstić information content (AvgIpc) is 2.37. The molecule has 3 N–H and O–H groups in total. The van der Waals surface area contributed by atoms with Crippen molar-refractivity contribution in [1.82, 2.24) is 5.32 Å². The first kappa shape index (κ1) is 14.0.